The van der Waals surface area contributed by atoms with Gasteiger partial charge in [0.2, 0.25) is 5.91 Å². The Kier molecular flexibility index (Phi) is 6.89. The number of hydrogen-bond donors (Lipinski definition) is 3. The molecule has 0 aliphatic heterocycles. The van der Waals surface area contributed by atoms with Crippen molar-refractivity contribution < 1.29 is 19.1 Å². The van der Waals surface area contributed by atoms with Crippen molar-refractivity contribution in [3.05, 3.63) is 84.4 Å². The zero-order valence-electron chi connectivity index (χ0n) is 16.5. The second kappa shape index (κ2) is 9.97. The minimum absolute atomic E-state index is 0.324. The number of anilines is 1. The summed E-state index contributed by atoms with van der Waals surface area (Å²) in [5, 5.41) is 5.29. The molecule has 1 atom stereocenters. The zero-order valence-corrected chi connectivity index (χ0v) is 16.5. The predicted octanol–water partition coefficient (Wildman–Crippen LogP) is 3.71. The Morgan fingerprint density at radius 2 is 1.53 bits per heavy atom. The van der Waals surface area contributed by atoms with Crippen molar-refractivity contribution in [1.82, 2.24) is 5.32 Å². The van der Waals surface area contributed by atoms with Gasteiger partial charge in [0, 0.05) is 12.1 Å². The molecule has 0 aliphatic rings. The average Bonchev–Trinajstić information content (AvgIpc) is 2.75. The molecule has 1 unspecified atom stereocenters. The van der Waals surface area contributed by atoms with Crippen LogP contribution in [0.4, 0.5) is 10.5 Å². The summed E-state index contributed by atoms with van der Waals surface area (Å²) in [7, 11) is 1.58. The monoisotopic (exact) mass is 405 g/mol. The van der Waals surface area contributed by atoms with Gasteiger partial charge in [-0.25, -0.2) is 4.79 Å². The first-order valence-corrected chi connectivity index (χ1v) is 9.37. The second-order valence-electron chi connectivity index (χ2n) is 6.52. The van der Waals surface area contributed by atoms with E-state index in [9.17, 15) is 9.59 Å². The van der Waals surface area contributed by atoms with E-state index in [4.69, 9.17) is 15.2 Å². The topological polar surface area (TPSA) is 103 Å². The van der Waals surface area contributed by atoms with Crippen LogP contribution in [0.1, 0.15) is 5.56 Å². The van der Waals surface area contributed by atoms with E-state index in [0.717, 1.165) is 5.56 Å². The van der Waals surface area contributed by atoms with E-state index in [1.165, 1.54) is 0 Å². The number of amides is 3. The molecule has 0 saturated carbocycles. The SMILES string of the molecule is COc1ccccc1Oc1ccc(NC(=O)C(Cc2ccccc2)NC(N)=O)cc1. The lowest BCUT2D eigenvalue weighted by atomic mass is 10.1. The average molecular weight is 405 g/mol. The molecule has 0 saturated heterocycles. The molecular weight excluding hydrogens is 382 g/mol. The molecule has 0 heterocycles. The fraction of sp³-hybridized carbons (Fsp3) is 0.130. The van der Waals surface area contributed by atoms with Gasteiger partial charge in [0.05, 0.1) is 7.11 Å². The van der Waals surface area contributed by atoms with Crippen LogP contribution in [0.2, 0.25) is 0 Å². The molecule has 3 aromatic rings. The van der Waals surface area contributed by atoms with Crippen molar-refractivity contribution in [3.8, 4) is 17.2 Å². The summed E-state index contributed by atoms with van der Waals surface area (Å²) in [5.74, 6) is 1.44. The normalized spacial score (nSPS) is 11.2. The smallest absolute Gasteiger partial charge is 0.312 e. The van der Waals surface area contributed by atoms with Crippen molar-refractivity contribution in [2.24, 2.45) is 5.73 Å². The lowest BCUT2D eigenvalue weighted by Crippen LogP contribution is -2.47. The van der Waals surface area contributed by atoms with Crippen LogP contribution in [-0.4, -0.2) is 25.1 Å². The minimum atomic E-state index is -0.797. The third kappa shape index (κ3) is 5.75. The molecule has 7 heteroatoms. The van der Waals surface area contributed by atoms with Gasteiger partial charge in [-0.3, -0.25) is 4.79 Å². The third-order valence-corrected chi connectivity index (χ3v) is 4.33. The Morgan fingerprint density at radius 3 is 2.17 bits per heavy atom. The van der Waals surface area contributed by atoms with E-state index in [2.05, 4.69) is 10.6 Å². The highest BCUT2D eigenvalue weighted by molar-refractivity contribution is 5.97. The maximum absolute atomic E-state index is 12.7. The van der Waals surface area contributed by atoms with E-state index in [0.29, 0.717) is 29.4 Å². The number of rotatable bonds is 8. The predicted molar refractivity (Wildman–Crippen MR) is 115 cm³/mol. The maximum Gasteiger partial charge on any atom is 0.312 e. The summed E-state index contributed by atoms with van der Waals surface area (Å²) in [6.45, 7) is 0. The van der Waals surface area contributed by atoms with Crippen molar-refractivity contribution >= 4 is 17.6 Å². The minimum Gasteiger partial charge on any atom is -0.493 e. The number of carbonyl (C=O) groups excluding carboxylic acids is 2. The molecule has 3 amide bonds. The number of carbonyl (C=O) groups is 2. The Bertz CT molecular complexity index is 991. The number of nitrogens with two attached hydrogens (primary N) is 1. The largest absolute Gasteiger partial charge is 0.493 e. The molecule has 0 bridgehead atoms. The quantitative estimate of drug-likeness (QED) is 0.532. The Morgan fingerprint density at radius 1 is 0.900 bits per heavy atom. The van der Waals surface area contributed by atoms with Crippen LogP contribution < -0.4 is 25.8 Å². The molecule has 7 nitrogen and oxygen atoms in total. The van der Waals surface area contributed by atoms with Crippen molar-refractivity contribution in [2.75, 3.05) is 12.4 Å². The molecule has 0 fully saturated rings. The van der Waals surface area contributed by atoms with Crippen LogP contribution in [0.25, 0.3) is 0 Å². The molecule has 154 valence electrons. The lowest BCUT2D eigenvalue weighted by Gasteiger charge is -2.17. The molecule has 0 radical (unpaired) electrons. The van der Waals surface area contributed by atoms with Crippen LogP contribution in [0.5, 0.6) is 17.2 Å². The summed E-state index contributed by atoms with van der Waals surface area (Å²) in [4.78, 5) is 24.0. The highest BCUT2D eigenvalue weighted by Crippen LogP contribution is 2.31. The summed E-state index contributed by atoms with van der Waals surface area (Å²) in [6.07, 6.45) is 0.324. The van der Waals surface area contributed by atoms with Crippen molar-refractivity contribution in [3.63, 3.8) is 0 Å². The fourth-order valence-corrected chi connectivity index (χ4v) is 2.90. The maximum atomic E-state index is 12.7. The Hall–Kier alpha value is -4.00. The zero-order chi connectivity index (χ0) is 21.3. The van der Waals surface area contributed by atoms with Gasteiger partial charge in [-0.05, 0) is 42.0 Å². The number of para-hydroxylation sites is 2. The summed E-state index contributed by atoms with van der Waals surface area (Å²) in [5.41, 5.74) is 6.71. The number of primary amides is 1. The molecule has 4 N–H and O–H groups in total. The summed E-state index contributed by atoms with van der Waals surface area (Å²) in [6, 6.07) is 22.0. The van der Waals surface area contributed by atoms with Crippen molar-refractivity contribution in [2.45, 2.75) is 12.5 Å². The number of ether oxygens (including phenoxy) is 2. The van der Waals surface area contributed by atoms with Gasteiger partial charge in [-0.15, -0.1) is 0 Å². The lowest BCUT2D eigenvalue weighted by molar-refractivity contribution is -0.117. The first kappa shape index (κ1) is 20.7. The van der Waals surface area contributed by atoms with Gasteiger partial charge in [0.1, 0.15) is 11.8 Å². The summed E-state index contributed by atoms with van der Waals surface area (Å²) >= 11 is 0. The number of urea groups is 1. The van der Waals surface area contributed by atoms with Crippen LogP contribution >= 0.6 is 0 Å². The second-order valence-corrected chi connectivity index (χ2v) is 6.52. The van der Waals surface area contributed by atoms with E-state index in [1.807, 2.05) is 48.5 Å². The van der Waals surface area contributed by atoms with E-state index in [1.54, 1.807) is 37.4 Å². The highest BCUT2D eigenvalue weighted by atomic mass is 16.5. The molecule has 3 rings (SSSR count). The van der Waals surface area contributed by atoms with Gasteiger partial charge in [0.15, 0.2) is 11.5 Å². The molecule has 3 aromatic carbocycles. The fourth-order valence-electron chi connectivity index (χ4n) is 2.90. The highest BCUT2D eigenvalue weighted by Gasteiger charge is 2.20. The number of hydrogen-bond acceptors (Lipinski definition) is 4. The van der Waals surface area contributed by atoms with Gasteiger partial charge >= 0.3 is 6.03 Å². The first-order valence-electron chi connectivity index (χ1n) is 9.37. The van der Waals surface area contributed by atoms with Crippen molar-refractivity contribution in [1.29, 1.82) is 0 Å². The number of benzene rings is 3. The van der Waals surface area contributed by atoms with Gasteiger partial charge < -0.3 is 25.8 Å². The van der Waals surface area contributed by atoms with E-state index in [-0.39, 0.29) is 5.91 Å². The standard InChI is InChI=1S/C23H23N3O4/c1-29-20-9-5-6-10-21(20)30-18-13-11-17(12-14-18)25-22(27)19(26-23(24)28)15-16-7-3-2-4-8-16/h2-14,19H,15H2,1H3,(H,25,27)(H3,24,26,28). The molecule has 0 aromatic heterocycles. The van der Waals surface area contributed by atoms with Crippen LogP contribution in [0.15, 0.2) is 78.9 Å². The third-order valence-electron chi connectivity index (χ3n) is 4.33. The van der Waals surface area contributed by atoms with Gasteiger partial charge in [-0.1, -0.05) is 42.5 Å². The van der Waals surface area contributed by atoms with E-state index >= 15 is 0 Å². The van der Waals surface area contributed by atoms with Crippen LogP contribution in [0.3, 0.4) is 0 Å². The molecular formula is C23H23N3O4. The molecule has 0 spiro atoms. The number of methoxy groups -OCH3 is 1. The molecule has 30 heavy (non-hydrogen) atoms. The Balaban J connectivity index is 1.66. The van der Waals surface area contributed by atoms with Crippen LogP contribution in [0, 0.1) is 0 Å². The number of nitrogens with one attached hydrogen (secondary N) is 2. The van der Waals surface area contributed by atoms with Gasteiger partial charge in [-0.2, -0.15) is 0 Å². The molecule has 0 aliphatic carbocycles. The summed E-state index contributed by atoms with van der Waals surface area (Å²) < 4.78 is 11.1. The first-order chi connectivity index (χ1) is 14.5. The van der Waals surface area contributed by atoms with Crippen LogP contribution in [-0.2, 0) is 11.2 Å². The van der Waals surface area contributed by atoms with Gasteiger partial charge in [0.25, 0.3) is 0 Å². The van der Waals surface area contributed by atoms with E-state index < -0.39 is 12.1 Å². The Labute approximate surface area is 174 Å².